The van der Waals surface area contributed by atoms with Crippen molar-refractivity contribution in [3.63, 3.8) is 0 Å². The number of benzene rings is 2. The monoisotopic (exact) mass is 420 g/mol. The molecule has 0 fully saturated rings. The highest BCUT2D eigenvalue weighted by Gasteiger charge is 2.29. The first kappa shape index (κ1) is 20.3. The van der Waals surface area contributed by atoms with E-state index in [9.17, 15) is 9.59 Å². The molecule has 0 aliphatic carbocycles. The van der Waals surface area contributed by atoms with E-state index in [1.807, 2.05) is 13.8 Å². The molecular formula is C24H20O7. The van der Waals surface area contributed by atoms with Crippen LogP contribution in [0.5, 0.6) is 23.0 Å². The van der Waals surface area contributed by atoms with E-state index in [-0.39, 0.29) is 23.1 Å². The van der Waals surface area contributed by atoms with Crippen LogP contribution in [0.3, 0.4) is 0 Å². The molecule has 0 saturated heterocycles. The van der Waals surface area contributed by atoms with E-state index in [0.717, 1.165) is 0 Å². The maximum Gasteiger partial charge on any atom is 0.379 e. The Labute approximate surface area is 178 Å². The summed E-state index contributed by atoms with van der Waals surface area (Å²) in [7, 11) is 0. The Balaban J connectivity index is 1.69. The Morgan fingerprint density at radius 1 is 1.03 bits per heavy atom. The van der Waals surface area contributed by atoms with Gasteiger partial charge in [-0.1, -0.05) is 12.1 Å². The molecule has 0 bridgehead atoms. The van der Waals surface area contributed by atoms with Crippen LogP contribution in [-0.4, -0.2) is 25.0 Å². The summed E-state index contributed by atoms with van der Waals surface area (Å²) in [4.78, 5) is 25.3. The Morgan fingerprint density at radius 2 is 1.87 bits per heavy atom. The molecule has 0 saturated carbocycles. The molecule has 3 aromatic rings. The van der Waals surface area contributed by atoms with Crippen LogP contribution in [0.1, 0.15) is 40.3 Å². The van der Waals surface area contributed by atoms with Crippen LogP contribution in [0.2, 0.25) is 0 Å². The van der Waals surface area contributed by atoms with Gasteiger partial charge in [-0.05, 0) is 50.3 Å². The van der Waals surface area contributed by atoms with Crippen molar-refractivity contribution < 1.29 is 33.0 Å². The van der Waals surface area contributed by atoms with E-state index in [1.165, 1.54) is 18.4 Å². The predicted molar refractivity (Wildman–Crippen MR) is 112 cm³/mol. The summed E-state index contributed by atoms with van der Waals surface area (Å²) in [5.41, 5.74) is 0.886. The van der Waals surface area contributed by atoms with Crippen LogP contribution in [0.15, 0.2) is 65.0 Å². The van der Waals surface area contributed by atoms with Crippen LogP contribution in [0, 0.1) is 0 Å². The molecule has 2 aromatic carbocycles. The van der Waals surface area contributed by atoms with Gasteiger partial charge in [0.2, 0.25) is 11.5 Å². The van der Waals surface area contributed by atoms with Crippen molar-refractivity contribution in [2.75, 3.05) is 13.2 Å². The number of hydrogen-bond donors (Lipinski definition) is 0. The fourth-order valence-corrected chi connectivity index (χ4v) is 3.13. The van der Waals surface area contributed by atoms with E-state index in [0.29, 0.717) is 41.6 Å². The molecule has 0 unspecified atom stereocenters. The number of esters is 1. The second-order valence-corrected chi connectivity index (χ2v) is 6.51. The third-order valence-corrected chi connectivity index (χ3v) is 4.47. The van der Waals surface area contributed by atoms with Gasteiger partial charge in [0, 0.05) is 11.6 Å². The molecule has 158 valence electrons. The Kier molecular flexibility index (Phi) is 5.75. The van der Waals surface area contributed by atoms with Gasteiger partial charge in [-0.3, -0.25) is 4.79 Å². The molecule has 2 heterocycles. The van der Waals surface area contributed by atoms with Crippen molar-refractivity contribution in [1.82, 2.24) is 0 Å². The zero-order chi connectivity index (χ0) is 21.8. The Bertz CT molecular complexity index is 1140. The maximum absolute atomic E-state index is 12.8. The first-order valence-electron chi connectivity index (χ1n) is 9.83. The fraction of sp³-hybridized carbons (Fsp3) is 0.167. The number of allylic oxidation sites excluding steroid dienone is 1. The summed E-state index contributed by atoms with van der Waals surface area (Å²) in [6.07, 6.45) is 2.91. The van der Waals surface area contributed by atoms with Crippen molar-refractivity contribution in [1.29, 1.82) is 0 Å². The number of carbonyl (C=O) groups excluding carboxylic acids is 2. The Morgan fingerprint density at radius 3 is 2.61 bits per heavy atom. The molecule has 0 spiro atoms. The van der Waals surface area contributed by atoms with Crippen LogP contribution < -0.4 is 18.9 Å². The van der Waals surface area contributed by atoms with Gasteiger partial charge in [-0.2, -0.15) is 0 Å². The number of Topliss-reactive ketones (excluding diaryl/α,β-unsaturated/α-hetero) is 1. The van der Waals surface area contributed by atoms with Gasteiger partial charge in [-0.25, -0.2) is 4.79 Å². The van der Waals surface area contributed by atoms with Gasteiger partial charge in [0.05, 0.1) is 25.0 Å². The molecule has 31 heavy (non-hydrogen) atoms. The Hall–Kier alpha value is -4.00. The van der Waals surface area contributed by atoms with Crippen molar-refractivity contribution in [3.05, 3.63) is 77.4 Å². The van der Waals surface area contributed by atoms with E-state index in [1.54, 1.807) is 42.5 Å². The number of furan rings is 1. The summed E-state index contributed by atoms with van der Waals surface area (Å²) in [6.45, 7) is 4.57. The second kappa shape index (κ2) is 8.79. The molecule has 1 aromatic heterocycles. The summed E-state index contributed by atoms with van der Waals surface area (Å²) in [6, 6.07) is 13.3. The third-order valence-electron chi connectivity index (χ3n) is 4.47. The SMILES string of the molecule is CCOc1ccc2c(c1)O/C(=C\c1cccc(OCC)c1OC(=O)c1ccco1)C2=O. The number of hydrogen-bond acceptors (Lipinski definition) is 7. The number of carbonyl (C=O) groups is 2. The van der Waals surface area contributed by atoms with Gasteiger partial charge in [-0.15, -0.1) is 0 Å². The minimum atomic E-state index is -0.680. The highest BCUT2D eigenvalue weighted by molar-refractivity contribution is 6.14. The third kappa shape index (κ3) is 4.16. The lowest BCUT2D eigenvalue weighted by Gasteiger charge is -2.13. The van der Waals surface area contributed by atoms with Crippen molar-refractivity contribution in [2.45, 2.75) is 13.8 Å². The van der Waals surface area contributed by atoms with Crippen molar-refractivity contribution in [3.8, 4) is 23.0 Å². The first-order chi connectivity index (χ1) is 15.1. The molecule has 1 aliphatic rings. The predicted octanol–water partition coefficient (Wildman–Crippen LogP) is 4.91. The molecule has 7 heteroatoms. The highest BCUT2D eigenvalue weighted by Crippen LogP contribution is 2.38. The second-order valence-electron chi connectivity index (χ2n) is 6.51. The maximum atomic E-state index is 12.8. The zero-order valence-corrected chi connectivity index (χ0v) is 17.0. The minimum Gasteiger partial charge on any atom is -0.494 e. The van der Waals surface area contributed by atoms with E-state index >= 15 is 0 Å². The van der Waals surface area contributed by atoms with Gasteiger partial charge in [0.1, 0.15) is 11.5 Å². The number of ketones is 1. The largest absolute Gasteiger partial charge is 0.494 e. The molecule has 0 radical (unpaired) electrons. The molecule has 7 nitrogen and oxygen atoms in total. The molecular weight excluding hydrogens is 400 g/mol. The van der Waals surface area contributed by atoms with Gasteiger partial charge in [0.15, 0.2) is 17.3 Å². The fourth-order valence-electron chi connectivity index (χ4n) is 3.13. The molecule has 1 aliphatic heterocycles. The lowest BCUT2D eigenvalue weighted by atomic mass is 10.1. The standard InChI is InChI=1S/C24H20O7/c1-3-27-16-10-11-17-20(14-16)30-21(22(17)25)13-15-7-5-8-18(28-4-2)23(15)31-24(26)19-9-6-12-29-19/h5-14H,3-4H2,1-2H3/b21-13-. The van der Waals surface area contributed by atoms with Crippen LogP contribution in [0.25, 0.3) is 6.08 Å². The average molecular weight is 420 g/mol. The van der Waals surface area contributed by atoms with Gasteiger partial charge in [0.25, 0.3) is 0 Å². The summed E-state index contributed by atoms with van der Waals surface area (Å²) in [5.74, 6) is 0.753. The minimum absolute atomic E-state index is 0.0500. The topological polar surface area (TPSA) is 84.2 Å². The molecule has 0 atom stereocenters. The molecule has 4 rings (SSSR count). The first-order valence-corrected chi connectivity index (χ1v) is 9.83. The number of rotatable bonds is 7. The average Bonchev–Trinajstić information content (AvgIpc) is 3.40. The van der Waals surface area contributed by atoms with E-state index in [2.05, 4.69) is 0 Å². The quantitative estimate of drug-likeness (QED) is 0.305. The lowest BCUT2D eigenvalue weighted by molar-refractivity contribution is 0.0694. The van der Waals surface area contributed by atoms with Crippen LogP contribution >= 0.6 is 0 Å². The van der Waals surface area contributed by atoms with Crippen LogP contribution in [-0.2, 0) is 0 Å². The zero-order valence-electron chi connectivity index (χ0n) is 17.0. The number of para-hydroxylation sites is 1. The van der Waals surface area contributed by atoms with Crippen molar-refractivity contribution >= 4 is 17.8 Å². The number of fused-ring (bicyclic) bond motifs is 1. The summed E-state index contributed by atoms with van der Waals surface area (Å²) in [5, 5.41) is 0. The van der Waals surface area contributed by atoms with E-state index < -0.39 is 5.97 Å². The highest BCUT2D eigenvalue weighted by atomic mass is 16.6. The summed E-state index contributed by atoms with van der Waals surface area (Å²) >= 11 is 0. The summed E-state index contributed by atoms with van der Waals surface area (Å²) < 4.78 is 27.5. The molecule has 0 N–H and O–H groups in total. The van der Waals surface area contributed by atoms with Crippen LogP contribution in [0.4, 0.5) is 0 Å². The van der Waals surface area contributed by atoms with Crippen molar-refractivity contribution in [2.24, 2.45) is 0 Å². The van der Waals surface area contributed by atoms with Gasteiger partial charge < -0.3 is 23.4 Å². The van der Waals surface area contributed by atoms with E-state index in [4.69, 9.17) is 23.4 Å². The lowest BCUT2D eigenvalue weighted by Crippen LogP contribution is -2.10. The number of ether oxygens (including phenoxy) is 4. The van der Waals surface area contributed by atoms with Gasteiger partial charge >= 0.3 is 5.97 Å². The normalized spacial score (nSPS) is 13.6. The molecule has 0 amide bonds. The smallest absolute Gasteiger partial charge is 0.379 e.